The number of nitrogens with zero attached hydrogens (tertiary/aromatic N) is 4. The van der Waals surface area contributed by atoms with Gasteiger partial charge in [0, 0.05) is 43.0 Å². The molecule has 2 fully saturated rings. The summed E-state index contributed by atoms with van der Waals surface area (Å²) < 4.78 is 5.16. The van der Waals surface area contributed by atoms with Crippen molar-refractivity contribution in [3.8, 4) is 5.75 Å². The Morgan fingerprint density at radius 1 is 0.969 bits per heavy atom. The van der Waals surface area contributed by atoms with E-state index in [1.807, 2.05) is 18.7 Å². The van der Waals surface area contributed by atoms with Gasteiger partial charge in [0.2, 0.25) is 0 Å². The number of thiophene rings is 1. The van der Waals surface area contributed by atoms with Crippen molar-refractivity contribution in [1.82, 2.24) is 19.8 Å². The number of hydrogen-bond acceptors (Lipinski definition) is 6. The van der Waals surface area contributed by atoms with E-state index in [1.54, 1.807) is 36.3 Å². The van der Waals surface area contributed by atoms with E-state index in [9.17, 15) is 9.59 Å². The number of ether oxygens (including phenoxy) is 1. The Morgan fingerprint density at radius 3 is 2.19 bits per heavy atom. The molecule has 32 heavy (non-hydrogen) atoms. The van der Waals surface area contributed by atoms with Crippen LogP contribution in [0.2, 0.25) is 0 Å². The van der Waals surface area contributed by atoms with Crippen LogP contribution < -0.4 is 4.74 Å². The molecule has 166 valence electrons. The lowest BCUT2D eigenvalue weighted by atomic mass is 10.1. The highest BCUT2D eigenvalue weighted by atomic mass is 32.1. The monoisotopic (exact) mass is 450 g/mol. The maximum absolute atomic E-state index is 13.3. The molecule has 0 spiro atoms. The van der Waals surface area contributed by atoms with Crippen LogP contribution in [-0.2, 0) is 0 Å². The first-order valence-corrected chi connectivity index (χ1v) is 11.8. The molecule has 0 atom stereocenters. The van der Waals surface area contributed by atoms with Gasteiger partial charge in [0.15, 0.2) is 0 Å². The van der Waals surface area contributed by atoms with Crippen LogP contribution in [0.5, 0.6) is 5.75 Å². The zero-order valence-electron chi connectivity index (χ0n) is 18.6. The van der Waals surface area contributed by atoms with Gasteiger partial charge in [-0.05, 0) is 56.5 Å². The molecule has 7 nitrogen and oxygen atoms in total. The first-order chi connectivity index (χ1) is 15.5. The Bertz CT molecular complexity index is 1190. The normalized spacial score (nSPS) is 16.5. The Hall–Kier alpha value is -3.00. The van der Waals surface area contributed by atoms with Crippen molar-refractivity contribution in [1.29, 1.82) is 0 Å². The molecule has 3 aromatic rings. The van der Waals surface area contributed by atoms with Gasteiger partial charge in [-0.25, -0.2) is 9.97 Å². The third kappa shape index (κ3) is 3.72. The Labute approximate surface area is 191 Å². The molecule has 1 aliphatic carbocycles. The SMILES string of the molecule is COc1ccc(C(=O)N2CCN(C(=O)c3sc4nc(C5CC5)nc(C)c4c3C)CC2)cc1. The number of benzene rings is 1. The smallest absolute Gasteiger partial charge is 0.264 e. The van der Waals surface area contributed by atoms with Gasteiger partial charge < -0.3 is 14.5 Å². The van der Waals surface area contributed by atoms with E-state index in [2.05, 4.69) is 0 Å². The third-order valence-electron chi connectivity index (χ3n) is 6.32. The second-order valence-electron chi connectivity index (χ2n) is 8.49. The van der Waals surface area contributed by atoms with Crippen molar-refractivity contribution in [3.05, 3.63) is 51.8 Å². The number of piperazine rings is 1. The molecule has 0 N–H and O–H groups in total. The van der Waals surface area contributed by atoms with E-state index in [1.165, 1.54) is 11.3 Å². The fraction of sp³-hybridized carbons (Fsp3) is 0.417. The summed E-state index contributed by atoms with van der Waals surface area (Å²) in [5.41, 5.74) is 2.55. The molecule has 2 aliphatic rings. The van der Waals surface area contributed by atoms with Gasteiger partial charge in [-0.2, -0.15) is 0 Å². The van der Waals surface area contributed by atoms with Crippen LogP contribution in [0, 0.1) is 13.8 Å². The molecule has 1 aromatic carbocycles. The number of fused-ring (bicyclic) bond motifs is 1. The summed E-state index contributed by atoms with van der Waals surface area (Å²) in [6.45, 7) is 6.07. The highest BCUT2D eigenvalue weighted by Crippen LogP contribution is 2.40. The van der Waals surface area contributed by atoms with E-state index < -0.39 is 0 Å². The highest BCUT2D eigenvalue weighted by Gasteiger charge is 2.30. The molecular weight excluding hydrogens is 424 g/mol. The number of carbonyl (C=O) groups is 2. The molecule has 5 rings (SSSR count). The standard InChI is InChI=1S/C24H26N4O3S/c1-14-19-15(2)25-21(16-4-5-16)26-22(19)32-20(14)24(30)28-12-10-27(11-13-28)23(29)17-6-8-18(31-3)9-7-17/h6-9,16H,4-5,10-13H2,1-3H3. The van der Waals surface area contributed by atoms with Crippen molar-refractivity contribution in [2.75, 3.05) is 33.3 Å². The van der Waals surface area contributed by atoms with Gasteiger partial charge in [0.25, 0.3) is 11.8 Å². The summed E-state index contributed by atoms with van der Waals surface area (Å²) in [4.78, 5) is 40.9. The molecule has 1 aliphatic heterocycles. The Balaban J connectivity index is 1.30. The molecule has 1 saturated heterocycles. The number of methoxy groups -OCH3 is 1. The first kappa shape index (κ1) is 20.9. The van der Waals surface area contributed by atoms with E-state index in [-0.39, 0.29) is 11.8 Å². The van der Waals surface area contributed by atoms with Crippen molar-refractivity contribution in [3.63, 3.8) is 0 Å². The quantitative estimate of drug-likeness (QED) is 0.605. The molecule has 0 unspecified atom stereocenters. The van der Waals surface area contributed by atoms with E-state index in [4.69, 9.17) is 14.7 Å². The summed E-state index contributed by atoms with van der Waals surface area (Å²) in [7, 11) is 1.60. The van der Waals surface area contributed by atoms with Crippen molar-refractivity contribution in [2.24, 2.45) is 0 Å². The summed E-state index contributed by atoms with van der Waals surface area (Å²) in [5, 5.41) is 1.01. The van der Waals surface area contributed by atoms with Crippen LogP contribution in [0.3, 0.4) is 0 Å². The van der Waals surface area contributed by atoms with Crippen molar-refractivity contribution < 1.29 is 14.3 Å². The zero-order chi connectivity index (χ0) is 22.4. The van der Waals surface area contributed by atoms with Gasteiger partial charge >= 0.3 is 0 Å². The minimum Gasteiger partial charge on any atom is -0.497 e. The number of rotatable bonds is 4. The lowest BCUT2D eigenvalue weighted by Gasteiger charge is -2.34. The molecule has 8 heteroatoms. The maximum atomic E-state index is 13.3. The van der Waals surface area contributed by atoms with E-state index >= 15 is 0 Å². The average molecular weight is 451 g/mol. The van der Waals surface area contributed by atoms with Crippen LogP contribution in [-0.4, -0.2) is 64.9 Å². The number of hydrogen-bond donors (Lipinski definition) is 0. The van der Waals surface area contributed by atoms with Crippen LogP contribution >= 0.6 is 11.3 Å². The van der Waals surface area contributed by atoms with E-state index in [0.717, 1.165) is 50.8 Å². The van der Waals surface area contributed by atoms with Crippen molar-refractivity contribution in [2.45, 2.75) is 32.6 Å². The van der Waals surface area contributed by atoms with Crippen molar-refractivity contribution >= 4 is 33.4 Å². The molecule has 0 bridgehead atoms. The Kier molecular flexibility index (Phi) is 5.33. The second kappa shape index (κ2) is 8.16. The summed E-state index contributed by atoms with van der Waals surface area (Å²) in [6.07, 6.45) is 2.31. The average Bonchev–Trinajstić information content (AvgIpc) is 3.62. The molecule has 2 amide bonds. The fourth-order valence-electron chi connectivity index (χ4n) is 4.26. The topological polar surface area (TPSA) is 75.6 Å². The van der Waals surface area contributed by atoms with Crippen LogP contribution in [0.4, 0.5) is 0 Å². The van der Waals surface area contributed by atoms with Gasteiger partial charge in [0.1, 0.15) is 16.4 Å². The number of aromatic nitrogens is 2. The molecular formula is C24H26N4O3S. The number of carbonyl (C=O) groups excluding carboxylic acids is 2. The largest absolute Gasteiger partial charge is 0.497 e. The number of amides is 2. The number of aryl methyl sites for hydroxylation is 2. The molecule has 2 aromatic heterocycles. The van der Waals surface area contributed by atoms with Gasteiger partial charge in [-0.1, -0.05) is 0 Å². The van der Waals surface area contributed by atoms with Gasteiger partial charge in [-0.3, -0.25) is 9.59 Å². The van der Waals surface area contributed by atoms with Crippen LogP contribution in [0.1, 0.15) is 55.9 Å². The third-order valence-corrected chi connectivity index (χ3v) is 7.49. The molecule has 0 radical (unpaired) electrons. The fourth-order valence-corrected chi connectivity index (χ4v) is 5.47. The lowest BCUT2D eigenvalue weighted by molar-refractivity contribution is 0.0537. The predicted octanol–water partition coefficient (Wildman–Crippen LogP) is 3.79. The summed E-state index contributed by atoms with van der Waals surface area (Å²) in [5.74, 6) is 2.13. The minimum absolute atomic E-state index is 0.0173. The van der Waals surface area contributed by atoms with Crippen LogP contribution in [0.15, 0.2) is 24.3 Å². The van der Waals surface area contributed by atoms with Crippen LogP contribution in [0.25, 0.3) is 10.2 Å². The minimum atomic E-state index is -0.0173. The molecule has 3 heterocycles. The Morgan fingerprint density at radius 2 is 1.59 bits per heavy atom. The molecule has 1 saturated carbocycles. The highest BCUT2D eigenvalue weighted by molar-refractivity contribution is 7.20. The predicted molar refractivity (Wildman–Crippen MR) is 124 cm³/mol. The van der Waals surface area contributed by atoms with E-state index in [0.29, 0.717) is 37.7 Å². The maximum Gasteiger partial charge on any atom is 0.264 e. The second-order valence-corrected chi connectivity index (χ2v) is 9.49. The summed E-state index contributed by atoms with van der Waals surface area (Å²) >= 11 is 1.47. The first-order valence-electron chi connectivity index (χ1n) is 11.0. The lowest BCUT2D eigenvalue weighted by Crippen LogP contribution is -2.50. The zero-order valence-corrected chi connectivity index (χ0v) is 19.4. The summed E-state index contributed by atoms with van der Waals surface area (Å²) in [6, 6.07) is 7.13. The van der Waals surface area contributed by atoms with Gasteiger partial charge in [0.05, 0.1) is 17.7 Å². The van der Waals surface area contributed by atoms with Gasteiger partial charge in [-0.15, -0.1) is 11.3 Å².